The first-order valence-corrected chi connectivity index (χ1v) is 5.73. The van der Waals surface area contributed by atoms with E-state index < -0.39 is 0 Å². The molecule has 0 radical (unpaired) electrons. The van der Waals surface area contributed by atoms with E-state index in [2.05, 4.69) is 11.9 Å². The summed E-state index contributed by atoms with van der Waals surface area (Å²) in [4.78, 5) is 2.55. The minimum atomic E-state index is 0.857. The molecule has 0 aromatic heterocycles. The van der Waals surface area contributed by atoms with Crippen molar-refractivity contribution in [3.05, 3.63) is 0 Å². The lowest BCUT2D eigenvalue weighted by Gasteiger charge is -2.28. The molecule has 0 aromatic carbocycles. The highest BCUT2D eigenvalue weighted by Crippen LogP contribution is 2.43. The zero-order valence-electron chi connectivity index (χ0n) is 8.71. The van der Waals surface area contributed by atoms with Crippen molar-refractivity contribution in [2.24, 2.45) is 17.6 Å². The highest BCUT2D eigenvalue weighted by atomic mass is 15.2. The van der Waals surface area contributed by atoms with Crippen molar-refractivity contribution < 1.29 is 0 Å². The molecule has 1 saturated carbocycles. The summed E-state index contributed by atoms with van der Waals surface area (Å²) in [6.45, 7) is 2.18. The monoisotopic (exact) mass is 182 g/mol. The predicted octanol–water partition coefficient (Wildman–Crippen LogP) is 1.46. The van der Waals surface area contributed by atoms with Crippen molar-refractivity contribution in [2.75, 3.05) is 20.1 Å². The summed E-state index contributed by atoms with van der Waals surface area (Å²) < 4.78 is 0. The van der Waals surface area contributed by atoms with Gasteiger partial charge in [0, 0.05) is 6.04 Å². The van der Waals surface area contributed by atoms with Crippen LogP contribution in [0.3, 0.4) is 0 Å². The summed E-state index contributed by atoms with van der Waals surface area (Å²) in [5.41, 5.74) is 5.69. The van der Waals surface area contributed by atoms with Crippen LogP contribution in [0.2, 0.25) is 0 Å². The van der Waals surface area contributed by atoms with Gasteiger partial charge in [0.05, 0.1) is 0 Å². The number of hydrogen-bond donors (Lipinski definition) is 1. The largest absolute Gasteiger partial charge is 0.330 e. The van der Waals surface area contributed by atoms with Crippen LogP contribution in [0.15, 0.2) is 0 Å². The smallest absolute Gasteiger partial charge is 0.0124 e. The minimum absolute atomic E-state index is 0.857. The normalized spacial score (nSPS) is 32.3. The van der Waals surface area contributed by atoms with E-state index in [0.29, 0.717) is 0 Å². The Morgan fingerprint density at radius 1 is 1.38 bits per heavy atom. The van der Waals surface area contributed by atoms with Crippen LogP contribution in [0.5, 0.6) is 0 Å². The average molecular weight is 182 g/mol. The van der Waals surface area contributed by atoms with Gasteiger partial charge >= 0.3 is 0 Å². The lowest BCUT2D eigenvalue weighted by molar-refractivity contribution is 0.199. The molecule has 1 heterocycles. The molecule has 2 fully saturated rings. The summed E-state index contributed by atoms with van der Waals surface area (Å²) >= 11 is 0. The summed E-state index contributed by atoms with van der Waals surface area (Å²) in [5.74, 6) is 1.94. The minimum Gasteiger partial charge on any atom is -0.330 e. The molecular formula is C11H22N2. The first-order chi connectivity index (χ1) is 6.33. The number of nitrogens with two attached hydrogens (primary N) is 1. The molecule has 2 rings (SSSR count). The quantitative estimate of drug-likeness (QED) is 0.713. The first-order valence-electron chi connectivity index (χ1n) is 5.73. The summed E-state index contributed by atoms with van der Waals surface area (Å²) in [6, 6.07) is 0.857. The Bertz CT molecular complexity index is 165. The van der Waals surface area contributed by atoms with Crippen molar-refractivity contribution in [2.45, 2.75) is 38.1 Å². The maximum atomic E-state index is 5.69. The molecule has 2 unspecified atom stereocenters. The Labute approximate surface area is 81.5 Å². The summed E-state index contributed by atoms with van der Waals surface area (Å²) in [6.07, 6.45) is 7.00. The lowest BCUT2D eigenvalue weighted by atomic mass is 9.89. The van der Waals surface area contributed by atoms with Gasteiger partial charge in [-0.05, 0) is 64.1 Å². The fourth-order valence-electron chi connectivity index (χ4n) is 2.94. The third kappa shape index (κ3) is 2.05. The fraction of sp³-hybridized carbons (Fsp3) is 1.00. The van der Waals surface area contributed by atoms with Gasteiger partial charge in [-0.1, -0.05) is 0 Å². The fourth-order valence-corrected chi connectivity index (χ4v) is 2.94. The predicted molar refractivity (Wildman–Crippen MR) is 55.5 cm³/mol. The van der Waals surface area contributed by atoms with Crippen LogP contribution in [0, 0.1) is 11.8 Å². The van der Waals surface area contributed by atoms with E-state index >= 15 is 0 Å². The maximum Gasteiger partial charge on any atom is 0.0124 e. The zero-order chi connectivity index (χ0) is 9.26. The molecule has 0 aromatic rings. The third-order valence-electron chi connectivity index (χ3n) is 3.80. The topological polar surface area (TPSA) is 29.3 Å². The van der Waals surface area contributed by atoms with E-state index in [-0.39, 0.29) is 0 Å². The van der Waals surface area contributed by atoms with E-state index in [1.807, 2.05) is 0 Å². The standard InChI is InChI=1S/C11H22N2/c1-13-8-2-3-11(13)10(6-7-12)9-4-5-9/h9-11H,2-8,12H2,1H3. The second-order valence-corrected chi connectivity index (χ2v) is 4.77. The van der Waals surface area contributed by atoms with Crippen LogP contribution in [0.1, 0.15) is 32.1 Å². The van der Waals surface area contributed by atoms with Gasteiger partial charge in [-0.3, -0.25) is 0 Å². The third-order valence-corrected chi connectivity index (χ3v) is 3.80. The van der Waals surface area contributed by atoms with E-state index in [1.54, 1.807) is 0 Å². The number of hydrogen-bond acceptors (Lipinski definition) is 2. The van der Waals surface area contributed by atoms with E-state index in [9.17, 15) is 0 Å². The highest BCUT2D eigenvalue weighted by Gasteiger charge is 2.38. The zero-order valence-corrected chi connectivity index (χ0v) is 8.71. The molecule has 0 amide bonds. The van der Waals surface area contributed by atoms with Gasteiger partial charge in [0.2, 0.25) is 0 Å². The van der Waals surface area contributed by atoms with Gasteiger partial charge in [-0.15, -0.1) is 0 Å². The average Bonchev–Trinajstić information content (AvgIpc) is 2.86. The van der Waals surface area contributed by atoms with Crippen LogP contribution in [0.25, 0.3) is 0 Å². The Hall–Kier alpha value is -0.0800. The summed E-state index contributed by atoms with van der Waals surface area (Å²) in [5, 5.41) is 0. The van der Waals surface area contributed by atoms with Crippen molar-refractivity contribution in [1.29, 1.82) is 0 Å². The van der Waals surface area contributed by atoms with Gasteiger partial charge in [0.1, 0.15) is 0 Å². The number of rotatable bonds is 4. The molecular weight excluding hydrogens is 160 g/mol. The number of likely N-dealkylation sites (tertiary alicyclic amines) is 1. The first kappa shape index (κ1) is 9.47. The second-order valence-electron chi connectivity index (χ2n) is 4.77. The molecule has 2 atom stereocenters. The van der Waals surface area contributed by atoms with Crippen LogP contribution < -0.4 is 5.73 Å². The Balaban J connectivity index is 1.92. The molecule has 13 heavy (non-hydrogen) atoms. The second kappa shape index (κ2) is 3.97. The Morgan fingerprint density at radius 3 is 2.62 bits per heavy atom. The molecule has 2 N–H and O–H groups in total. The molecule has 76 valence electrons. The van der Waals surface area contributed by atoms with Crippen molar-refractivity contribution in [3.8, 4) is 0 Å². The van der Waals surface area contributed by atoms with Crippen LogP contribution in [-0.2, 0) is 0 Å². The number of nitrogens with zero attached hydrogens (tertiary/aromatic N) is 1. The molecule has 2 nitrogen and oxygen atoms in total. The molecule has 1 aliphatic carbocycles. The van der Waals surface area contributed by atoms with Crippen molar-refractivity contribution >= 4 is 0 Å². The molecule has 1 aliphatic heterocycles. The van der Waals surface area contributed by atoms with Crippen molar-refractivity contribution in [1.82, 2.24) is 4.90 Å². The van der Waals surface area contributed by atoms with Gasteiger partial charge in [0.25, 0.3) is 0 Å². The van der Waals surface area contributed by atoms with E-state index in [1.165, 1.54) is 38.6 Å². The van der Waals surface area contributed by atoms with Gasteiger partial charge < -0.3 is 10.6 Å². The SMILES string of the molecule is CN1CCCC1C(CCN)C1CC1. The molecule has 2 aliphatic rings. The van der Waals surface area contributed by atoms with Crippen LogP contribution >= 0.6 is 0 Å². The molecule has 0 spiro atoms. The maximum absolute atomic E-state index is 5.69. The van der Waals surface area contributed by atoms with Gasteiger partial charge in [-0.2, -0.15) is 0 Å². The highest BCUT2D eigenvalue weighted by molar-refractivity contribution is 4.92. The van der Waals surface area contributed by atoms with Crippen LogP contribution in [-0.4, -0.2) is 31.1 Å². The molecule has 2 heteroatoms. The van der Waals surface area contributed by atoms with Crippen LogP contribution in [0.4, 0.5) is 0 Å². The Morgan fingerprint density at radius 2 is 2.15 bits per heavy atom. The summed E-state index contributed by atoms with van der Waals surface area (Å²) in [7, 11) is 2.28. The van der Waals surface area contributed by atoms with E-state index in [0.717, 1.165) is 24.4 Å². The van der Waals surface area contributed by atoms with Gasteiger partial charge in [-0.25, -0.2) is 0 Å². The molecule has 1 saturated heterocycles. The van der Waals surface area contributed by atoms with E-state index in [4.69, 9.17) is 5.73 Å². The van der Waals surface area contributed by atoms with Crippen molar-refractivity contribution in [3.63, 3.8) is 0 Å². The molecule has 0 bridgehead atoms. The Kier molecular flexibility index (Phi) is 2.89. The van der Waals surface area contributed by atoms with Gasteiger partial charge in [0.15, 0.2) is 0 Å². The lowest BCUT2D eigenvalue weighted by Crippen LogP contribution is -2.34.